The third-order valence-electron chi connectivity index (χ3n) is 3.53. The number of aryl methyl sites for hydroxylation is 2. The van der Waals surface area contributed by atoms with E-state index >= 15 is 0 Å². The molecule has 0 saturated carbocycles. The molecule has 2 rings (SSSR count). The molecule has 0 fully saturated rings. The fourth-order valence-electron chi connectivity index (χ4n) is 2.31. The fraction of sp³-hybridized carbons (Fsp3) is 0.412. The molecule has 0 aliphatic rings. The van der Waals surface area contributed by atoms with Crippen molar-refractivity contribution in [2.75, 3.05) is 13.6 Å². The van der Waals surface area contributed by atoms with Gasteiger partial charge in [-0.25, -0.2) is 4.99 Å². The number of nitrogens with one attached hydrogen (secondary N) is 1. The molecule has 0 saturated heterocycles. The van der Waals surface area contributed by atoms with Gasteiger partial charge < -0.3 is 10.2 Å². The third kappa shape index (κ3) is 4.35. The van der Waals surface area contributed by atoms with Gasteiger partial charge in [-0.2, -0.15) is 5.10 Å². The lowest BCUT2D eigenvalue weighted by Gasteiger charge is -2.23. The van der Waals surface area contributed by atoms with E-state index in [9.17, 15) is 0 Å². The molecule has 1 heterocycles. The number of nitrogens with zero attached hydrogens (tertiary/aromatic N) is 4. The lowest BCUT2D eigenvalue weighted by molar-refractivity contribution is 0.475. The summed E-state index contributed by atoms with van der Waals surface area (Å²) in [5, 5.41) is 7.53. The molecular formula is C17H25N5. The van der Waals surface area contributed by atoms with Crippen LogP contribution in [0.25, 0.3) is 0 Å². The second kappa shape index (κ2) is 7.64. The fourth-order valence-corrected chi connectivity index (χ4v) is 2.31. The van der Waals surface area contributed by atoms with Gasteiger partial charge in [0.05, 0.1) is 12.7 Å². The minimum absolute atomic E-state index is 0.633. The van der Waals surface area contributed by atoms with Gasteiger partial charge in [-0.05, 0) is 25.0 Å². The average molecular weight is 299 g/mol. The Kier molecular flexibility index (Phi) is 5.58. The molecule has 0 aliphatic carbocycles. The first-order chi connectivity index (χ1) is 10.6. The van der Waals surface area contributed by atoms with Gasteiger partial charge >= 0.3 is 0 Å². The topological polar surface area (TPSA) is 45.5 Å². The van der Waals surface area contributed by atoms with Crippen LogP contribution in [0.4, 0.5) is 0 Å². The minimum Gasteiger partial charge on any atom is -0.357 e. The number of benzene rings is 1. The molecule has 2 aromatic rings. The highest BCUT2D eigenvalue weighted by Gasteiger charge is 2.08. The van der Waals surface area contributed by atoms with Gasteiger partial charge in [-0.15, -0.1) is 0 Å². The zero-order valence-corrected chi connectivity index (χ0v) is 13.9. The van der Waals surface area contributed by atoms with E-state index in [1.165, 1.54) is 11.1 Å². The first kappa shape index (κ1) is 16.1. The lowest BCUT2D eigenvalue weighted by atomic mass is 10.1. The predicted molar refractivity (Wildman–Crippen MR) is 90.7 cm³/mol. The van der Waals surface area contributed by atoms with Gasteiger partial charge in [-0.3, -0.25) is 4.68 Å². The van der Waals surface area contributed by atoms with Crippen molar-refractivity contribution in [2.45, 2.75) is 26.9 Å². The molecule has 0 aliphatic heterocycles. The maximum atomic E-state index is 4.70. The largest absolute Gasteiger partial charge is 0.357 e. The van der Waals surface area contributed by atoms with Crippen molar-refractivity contribution in [1.82, 2.24) is 20.0 Å². The van der Waals surface area contributed by atoms with E-state index in [4.69, 9.17) is 4.99 Å². The summed E-state index contributed by atoms with van der Waals surface area (Å²) < 4.78 is 1.80. The molecule has 0 unspecified atom stereocenters. The summed E-state index contributed by atoms with van der Waals surface area (Å²) in [6, 6.07) is 8.45. The van der Waals surface area contributed by atoms with Crippen molar-refractivity contribution in [1.29, 1.82) is 0 Å². The molecule has 5 nitrogen and oxygen atoms in total. The number of aromatic nitrogens is 2. The van der Waals surface area contributed by atoms with E-state index in [1.54, 1.807) is 4.68 Å². The van der Waals surface area contributed by atoms with Crippen LogP contribution in [0, 0.1) is 6.92 Å². The zero-order chi connectivity index (χ0) is 15.9. The molecule has 1 aromatic heterocycles. The summed E-state index contributed by atoms with van der Waals surface area (Å²) in [5.74, 6) is 0.912. The number of hydrogen-bond acceptors (Lipinski definition) is 2. The standard InChI is InChI=1S/C17H25N5/c1-5-18-17(19-10-15-11-20-22(4)12-15)21(3)13-16-9-7-6-8-14(16)2/h6-9,11-12H,5,10,13H2,1-4H3,(H,18,19). The summed E-state index contributed by atoms with van der Waals surface area (Å²) >= 11 is 0. The van der Waals surface area contributed by atoms with E-state index in [1.807, 2.05) is 19.4 Å². The second-order valence-corrected chi connectivity index (χ2v) is 5.47. The smallest absolute Gasteiger partial charge is 0.194 e. The molecule has 0 radical (unpaired) electrons. The number of hydrogen-bond donors (Lipinski definition) is 1. The highest BCUT2D eigenvalue weighted by Crippen LogP contribution is 2.10. The van der Waals surface area contributed by atoms with Crippen molar-refractivity contribution in [3.63, 3.8) is 0 Å². The van der Waals surface area contributed by atoms with Crippen molar-refractivity contribution >= 4 is 5.96 Å². The molecule has 5 heteroatoms. The monoisotopic (exact) mass is 299 g/mol. The van der Waals surface area contributed by atoms with Crippen molar-refractivity contribution in [2.24, 2.45) is 12.0 Å². The Morgan fingerprint density at radius 3 is 2.77 bits per heavy atom. The molecule has 0 spiro atoms. The highest BCUT2D eigenvalue weighted by molar-refractivity contribution is 5.79. The normalized spacial score (nSPS) is 11.5. The first-order valence-corrected chi connectivity index (χ1v) is 7.61. The Bertz CT molecular complexity index is 629. The van der Waals surface area contributed by atoms with Crippen LogP contribution in [-0.4, -0.2) is 34.2 Å². The second-order valence-electron chi connectivity index (χ2n) is 5.47. The molecule has 1 aromatic carbocycles. The number of aliphatic imine (C=N–C) groups is 1. The Morgan fingerprint density at radius 1 is 1.36 bits per heavy atom. The van der Waals surface area contributed by atoms with E-state index in [0.29, 0.717) is 6.54 Å². The van der Waals surface area contributed by atoms with Crippen molar-refractivity contribution < 1.29 is 0 Å². The van der Waals surface area contributed by atoms with Crippen LogP contribution in [0.5, 0.6) is 0 Å². The summed E-state index contributed by atoms with van der Waals surface area (Å²) in [4.78, 5) is 6.86. The minimum atomic E-state index is 0.633. The summed E-state index contributed by atoms with van der Waals surface area (Å²) in [7, 11) is 3.99. The molecular weight excluding hydrogens is 274 g/mol. The van der Waals surface area contributed by atoms with E-state index in [0.717, 1.165) is 24.6 Å². The van der Waals surface area contributed by atoms with Crippen molar-refractivity contribution in [3.8, 4) is 0 Å². The number of guanidine groups is 1. The quantitative estimate of drug-likeness (QED) is 0.681. The Labute approximate surface area is 132 Å². The van der Waals surface area contributed by atoms with Crippen LogP contribution in [0.1, 0.15) is 23.6 Å². The summed E-state index contributed by atoms with van der Waals surface area (Å²) in [6.07, 6.45) is 3.85. The first-order valence-electron chi connectivity index (χ1n) is 7.61. The average Bonchev–Trinajstić information content (AvgIpc) is 2.91. The summed E-state index contributed by atoms with van der Waals surface area (Å²) in [6.45, 7) is 6.55. The highest BCUT2D eigenvalue weighted by atomic mass is 15.3. The van der Waals surface area contributed by atoms with Crippen LogP contribution in [-0.2, 0) is 20.1 Å². The van der Waals surface area contributed by atoms with E-state index in [2.05, 4.69) is 60.5 Å². The third-order valence-corrected chi connectivity index (χ3v) is 3.53. The lowest BCUT2D eigenvalue weighted by Crippen LogP contribution is -2.38. The maximum absolute atomic E-state index is 4.70. The van der Waals surface area contributed by atoms with Gasteiger partial charge in [0, 0.05) is 38.9 Å². The summed E-state index contributed by atoms with van der Waals surface area (Å²) in [5.41, 5.74) is 3.73. The predicted octanol–water partition coefficient (Wildman–Crippen LogP) is 2.33. The molecule has 0 amide bonds. The maximum Gasteiger partial charge on any atom is 0.194 e. The van der Waals surface area contributed by atoms with Gasteiger partial charge in [0.1, 0.15) is 0 Å². The SMILES string of the molecule is CCNC(=NCc1cnn(C)c1)N(C)Cc1ccccc1C. The van der Waals surface area contributed by atoms with Gasteiger partial charge in [0.15, 0.2) is 5.96 Å². The molecule has 22 heavy (non-hydrogen) atoms. The Morgan fingerprint density at radius 2 is 2.14 bits per heavy atom. The van der Waals surface area contributed by atoms with Crippen LogP contribution in [0.15, 0.2) is 41.7 Å². The van der Waals surface area contributed by atoms with E-state index < -0.39 is 0 Å². The van der Waals surface area contributed by atoms with Gasteiger partial charge in [0.25, 0.3) is 0 Å². The number of rotatable bonds is 5. The van der Waals surface area contributed by atoms with Crippen LogP contribution < -0.4 is 5.32 Å². The van der Waals surface area contributed by atoms with E-state index in [-0.39, 0.29) is 0 Å². The molecule has 0 bridgehead atoms. The molecule has 0 atom stereocenters. The van der Waals surface area contributed by atoms with Crippen LogP contribution in [0.3, 0.4) is 0 Å². The Balaban J connectivity index is 2.07. The zero-order valence-electron chi connectivity index (χ0n) is 13.9. The van der Waals surface area contributed by atoms with Crippen LogP contribution in [0.2, 0.25) is 0 Å². The Hall–Kier alpha value is -2.30. The van der Waals surface area contributed by atoms with Crippen molar-refractivity contribution in [3.05, 3.63) is 53.3 Å². The molecule has 118 valence electrons. The molecule has 1 N–H and O–H groups in total. The van der Waals surface area contributed by atoms with Gasteiger partial charge in [0.2, 0.25) is 0 Å². The van der Waals surface area contributed by atoms with Gasteiger partial charge in [-0.1, -0.05) is 24.3 Å². The van der Waals surface area contributed by atoms with Crippen LogP contribution >= 0.6 is 0 Å².